The van der Waals surface area contributed by atoms with Gasteiger partial charge in [-0.05, 0) is 0 Å². The van der Waals surface area contributed by atoms with E-state index in [-0.39, 0.29) is 19.5 Å². The van der Waals surface area contributed by atoms with Crippen molar-refractivity contribution in [1.82, 2.24) is 25.4 Å². The van der Waals surface area contributed by atoms with E-state index in [0.29, 0.717) is 5.82 Å². The van der Waals surface area contributed by atoms with Crippen LogP contribution in [0, 0.1) is 0 Å². The van der Waals surface area contributed by atoms with Gasteiger partial charge in [-0.3, -0.25) is 5.10 Å². The normalized spacial score (nSPS) is 23.1. The Balaban J connectivity index is 1.93. The Morgan fingerprint density at radius 2 is 2.39 bits per heavy atom. The minimum atomic E-state index is -1.12. The lowest BCUT2D eigenvalue weighted by atomic mass is 10.2. The second-order valence-corrected chi connectivity index (χ2v) is 3.99. The van der Waals surface area contributed by atoms with E-state index in [1.54, 1.807) is 0 Å². The van der Waals surface area contributed by atoms with Crippen molar-refractivity contribution in [3.05, 3.63) is 12.2 Å². The number of aliphatic hydroxyl groups is 1. The van der Waals surface area contributed by atoms with E-state index < -0.39 is 24.1 Å². The van der Waals surface area contributed by atoms with Gasteiger partial charge < -0.3 is 20.4 Å². The van der Waals surface area contributed by atoms with E-state index in [1.807, 2.05) is 0 Å². The third-order valence-corrected chi connectivity index (χ3v) is 2.70. The molecular weight excluding hydrogens is 242 g/mol. The van der Waals surface area contributed by atoms with Crippen molar-refractivity contribution >= 4 is 12.0 Å². The molecule has 0 aliphatic carbocycles. The quantitative estimate of drug-likeness (QED) is 0.521. The Bertz CT molecular complexity index is 434. The number of hydrogen-bond donors (Lipinski definition) is 4. The zero-order valence-electron chi connectivity index (χ0n) is 9.41. The molecule has 1 aromatic rings. The number of H-pyrrole nitrogens is 1. The van der Waals surface area contributed by atoms with E-state index in [2.05, 4.69) is 20.5 Å². The molecule has 2 atom stereocenters. The number of carboxylic acids is 1. The van der Waals surface area contributed by atoms with Gasteiger partial charge in [-0.15, -0.1) is 0 Å². The Labute approximate surface area is 102 Å². The van der Waals surface area contributed by atoms with Crippen LogP contribution >= 0.6 is 0 Å². The molecule has 98 valence electrons. The van der Waals surface area contributed by atoms with Crippen LogP contribution in [0.1, 0.15) is 12.2 Å². The number of aliphatic hydroxyl groups excluding tert-OH is 1. The highest BCUT2D eigenvalue weighted by Gasteiger charge is 2.38. The first-order valence-electron chi connectivity index (χ1n) is 5.37. The third kappa shape index (κ3) is 2.56. The van der Waals surface area contributed by atoms with Crippen LogP contribution in [0.5, 0.6) is 0 Å². The predicted molar refractivity (Wildman–Crippen MR) is 57.4 cm³/mol. The first-order chi connectivity index (χ1) is 8.58. The van der Waals surface area contributed by atoms with Crippen LogP contribution in [0.2, 0.25) is 0 Å². The summed E-state index contributed by atoms with van der Waals surface area (Å²) < 4.78 is 0. The van der Waals surface area contributed by atoms with Crippen LogP contribution in [0.25, 0.3) is 0 Å². The average Bonchev–Trinajstić information content (AvgIpc) is 2.94. The molecule has 0 spiro atoms. The van der Waals surface area contributed by atoms with Crippen molar-refractivity contribution in [2.45, 2.75) is 25.1 Å². The number of likely N-dealkylation sites (tertiary alicyclic amines) is 1. The monoisotopic (exact) mass is 255 g/mol. The molecule has 0 bridgehead atoms. The molecule has 2 rings (SSSR count). The van der Waals surface area contributed by atoms with Gasteiger partial charge in [0.1, 0.15) is 18.2 Å². The number of carboxylic acid groups (broad SMARTS) is 1. The number of urea groups is 1. The highest BCUT2D eigenvalue weighted by atomic mass is 16.4. The topological polar surface area (TPSA) is 131 Å². The Hall–Kier alpha value is -2.16. The fourth-order valence-corrected chi connectivity index (χ4v) is 1.85. The van der Waals surface area contributed by atoms with Crippen LogP contribution in [0.4, 0.5) is 4.79 Å². The van der Waals surface area contributed by atoms with Gasteiger partial charge in [0.15, 0.2) is 0 Å². The summed E-state index contributed by atoms with van der Waals surface area (Å²) in [5, 5.41) is 27.0. The zero-order chi connectivity index (χ0) is 13.1. The Morgan fingerprint density at radius 1 is 1.61 bits per heavy atom. The average molecular weight is 255 g/mol. The summed E-state index contributed by atoms with van der Waals surface area (Å²) >= 11 is 0. The molecule has 9 heteroatoms. The SMILES string of the molecule is O=C(O)C1CC(O)CN1C(=O)NCc1ncn[nH]1. The van der Waals surface area contributed by atoms with Gasteiger partial charge in [0.2, 0.25) is 0 Å². The Kier molecular flexibility index (Phi) is 3.42. The van der Waals surface area contributed by atoms with Gasteiger partial charge in [-0.1, -0.05) is 0 Å². The number of β-amino-alcohol motifs (C(OH)–C–C–N with tert-alkyl or cyclic N) is 1. The second kappa shape index (κ2) is 5.00. The maximum absolute atomic E-state index is 11.8. The lowest BCUT2D eigenvalue weighted by molar-refractivity contribution is -0.141. The van der Waals surface area contributed by atoms with Crippen LogP contribution < -0.4 is 5.32 Å². The fraction of sp³-hybridized carbons (Fsp3) is 0.556. The van der Waals surface area contributed by atoms with Gasteiger partial charge in [0, 0.05) is 13.0 Å². The molecule has 0 saturated carbocycles. The molecular formula is C9H13N5O4. The van der Waals surface area contributed by atoms with Crippen molar-refractivity contribution < 1.29 is 19.8 Å². The minimum absolute atomic E-state index is 0.0131. The van der Waals surface area contributed by atoms with Crippen molar-refractivity contribution in [3.8, 4) is 0 Å². The highest BCUT2D eigenvalue weighted by molar-refractivity contribution is 5.83. The molecule has 2 heterocycles. The van der Waals surface area contributed by atoms with Crippen molar-refractivity contribution in [2.24, 2.45) is 0 Å². The van der Waals surface area contributed by atoms with Crippen LogP contribution in [-0.2, 0) is 11.3 Å². The number of aliphatic carboxylic acids is 1. The van der Waals surface area contributed by atoms with Gasteiger partial charge in [-0.2, -0.15) is 5.10 Å². The summed E-state index contributed by atoms with van der Waals surface area (Å²) in [6.45, 7) is 0.136. The lowest BCUT2D eigenvalue weighted by Crippen LogP contribution is -2.46. The van der Waals surface area contributed by atoms with Gasteiger partial charge in [-0.25, -0.2) is 14.6 Å². The van der Waals surface area contributed by atoms with E-state index in [4.69, 9.17) is 5.11 Å². The molecule has 1 aliphatic rings. The molecule has 1 fully saturated rings. The number of aromatic amines is 1. The number of nitrogens with zero attached hydrogens (tertiary/aromatic N) is 3. The van der Waals surface area contributed by atoms with Crippen molar-refractivity contribution in [1.29, 1.82) is 0 Å². The van der Waals surface area contributed by atoms with E-state index in [0.717, 1.165) is 4.90 Å². The van der Waals surface area contributed by atoms with E-state index in [9.17, 15) is 14.7 Å². The van der Waals surface area contributed by atoms with Gasteiger partial charge >= 0.3 is 12.0 Å². The smallest absolute Gasteiger partial charge is 0.326 e. The number of carbonyl (C=O) groups excluding carboxylic acids is 1. The first kappa shape index (κ1) is 12.3. The summed E-state index contributed by atoms with van der Waals surface area (Å²) in [5.74, 6) is -0.656. The summed E-state index contributed by atoms with van der Waals surface area (Å²) in [6, 6.07) is -1.54. The molecule has 2 amide bonds. The van der Waals surface area contributed by atoms with Crippen LogP contribution in [0.3, 0.4) is 0 Å². The summed E-state index contributed by atoms with van der Waals surface area (Å²) in [5.41, 5.74) is 0. The Morgan fingerprint density at radius 3 is 3.00 bits per heavy atom. The molecule has 1 saturated heterocycles. The standard InChI is InChI=1S/C9H13N5O4/c15-5-1-6(8(16)17)14(3-5)9(18)10-2-7-11-4-12-13-7/h4-6,15H,1-3H2,(H,10,18)(H,16,17)(H,11,12,13). The van der Waals surface area contributed by atoms with Gasteiger partial charge in [0.25, 0.3) is 0 Å². The van der Waals surface area contributed by atoms with Crippen LogP contribution in [0.15, 0.2) is 6.33 Å². The maximum atomic E-state index is 11.8. The first-order valence-corrected chi connectivity index (χ1v) is 5.37. The fourth-order valence-electron chi connectivity index (χ4n) is 1.85. The number of carbonyl (C=O) groups is 2. The maximum Gasteiger partial charge on any atom is 0.326 e. The number of hydrogen-bond acceptors (Lipinski definition) is 5. The predicted octanol–water partition coefficient (Wildman–Crippen LogP) is -1.47. The number of nitrogens with one attached hydrogen (secondary N) is 2. The third-order valence-electron chi connectivity index (χ3n) is 2.70. The molecule has 1 aliphatic heterocycles. The van der Waals surface area contributed by atoms with Crippen LogP contribution in [-0.4, -0.2) is 61.0 Å². The number of rotatable bonds is 3. The molecule has 1 aromatic heterocycles. The molecule has 4 N–H and O–H groups in total. The lowest BCUT2D eigenvalue weighted by Gasteiger charge is -2.21. The zero-order valence-corrected chi connectivity index (χ0v) is 9.41. The summed E-state index contributed by atoms with van der Waals surface area (Å²) in [6.07, 6.45) is 0.550. The number of aromatic nitrogens is 3. The van der Waals surface area contributed by atoms with Crippen molar-refractivity contribution in [3.63, 3.8) is 0 Å². The number of amides is 2. The largest absolute Gasteiger partial charge is 0.480 e. The van der Waals surface area contributed by atoms with Crippen molar-refractivity contribution in [2.75, 3.05) is 6.54 Å². The minimum Gasteiger partial charge on any atom is -0.480 e. The molecule has 2 unspecified atom stereocenters. The summed E-state index contributed by atoms with van der Waals surface area (Å²) in [4.78, 5) is 27.6. The molecule has 0 radical (unpaired) electrons. The van der Waals surface area contributed by atoms with E-state index in [1.165, 1.54) is 6.33 Å². The second-order valence-electron chi connectivity index (χ2n) is 3.99. The van der Waals surface area contributed by atoms with Gasteiger partial charge in [0.05, 0.1) is 12.6 Å². The summed E-state index contributed by atoms with van der Waals surface area (Å²) in [7, 11) is 0. The molecule has 18 heavy (non-hydrogen) atoms. The highest BCUT2D eigenvalue weighted by Crippen LogP contribution is 2.18. The molecule has 9 nitrogen and oxygen atoms in total. The van der Waals surface area contributed by atoms with E-state index >= 15 is 0 Å². The molecule has 0 aromatic carbocycles.